The second-order valence-electron chi connectivity index (χ2n) is 9.80. The standard InChI is InChI=1S/C28H46N/c1-5-7-8-9-10-11-12-13-14-15-25-16-18-26(19-17-25)27-20-22-28(23-21-27)29(3,4)24-6-2/h16-19,27-28H,5-13,20-24H2,1-4H3/q+1. The Hall–Kier alpha value is -1.26. The van der Waals surface area contributed by atoms with Gasteiger partial charge in [0.2, 0.25) is 0 Å². The minimum atomic E-state index is 0.752. The molecule has 0 amide bonds. The molecule has 0 N–H and O–H groups in total. The molecule has 1 aromatic rings. The SMILES string of the molecule is CCCCCCCCCC#Cc1ccc(C2CCC([N+](C)(C)CCC)CC2)cc1. The molecule has 1 nitrogen and oxygen atoms in total. The molecule has 1 fully saturated rings. The number of benzene rings is 1. The van der Waals surface area contributed by atoms with Crippen LogP contribution in [0.2, 0.25) is 0 Å². The van der Waals surface area contributed by atoms with Gasteiger partial charge in [0.05, 0.1) is 26.7 Å². The molecule has 2 rings (SSSR count). The molecule has 0 atom stereocenters. The van der Waals surface area contributed by atoms with E-state index in [1.807, 2.05) is 0 Å². The molecule has 1 aromatic carbocycles. The summed E-state index contributed by atoms with van der Waals surface area (Å²) >= 11 is 0. The van der Waals surface area contributed by atoms with Crippen molar-refractivity contribution in [2.24, 2.45) is 0 Å². The molecule has 1 saturated carbocycles. The molecular weight excluding hydrogens is 350 g/mol. The monoisotopic (exact) mass is 396 g/mol. The maximum absolute atomic E-state index is 3.39. The van der Waals surface area contributed by atoms with Gasteiger partial charge < -0.3 is 4.48 Å². The molecule has 1 aliphatic carbocycles. The molecule has 0 unspecified atom stereocenters. The van der Waals surface area contributed by atoms with Crippen LogP contribution in [0, 0.1) is 11.8 Å². The van der Waals surface area contributed by atoms with Gasteiger partial charge in [0.1, 0.15) is 0 Å². The molecule has 0 heterocycles. The van der Waals surface area contributed by atoms with E-state index in [-0.39, 0.29) is 0 Å². The third kappa shape index (κ3) is 8.55. The van der Waals surface area contributed by atoms with E-state index in [2.05, 4.69) is 64.0 Å². The van der Waals surface area contributed by atoms with Crippen LogP contribution in [0.25, 0.3) is 0 Å². The molecule has 162 valence electrons. The Morgan fingerprint density at radius 1 is 0.793 bits per heavy atom. The first-order chi connectivity index (χ1) is 14.1. The van der Waals surface area contributed by atoms with Crippen LogP contribution in [0.3, 0.4) is 0 Å². The fraction of sp³-hybridized carbons (Fsp3) is 0.714. The fourth-order valence-corrected chi connectivity index (χ4v) is 5.04. The molecule has 29 heavy (non-hydrogen) atoms. The lowest BCUT2D eigenvalue weighted by atomic mass is 9.80. The van der Waals surface area contributed by atoms with Crippen LogP contribution in [0.5, 0.6) is 0 Å². The van der Waals surface area contributed by atoms with E-state index >= 15 is 0 Å². The van der Waals surface area contributed by atoms with Crippen molar-refractivity contribution >= 4 is 0 Å². The summed E-state index contributed by atoms with van der Waals surface area (Å²) in [5.41, 5.74) is 2.72. The Kier molecular flexibility index (Phi) is 10.9. The van der Waals surface area contributed by atoms with Gasteiger partial charge in [-0.25, -0.2) is 0 Å². The highest BCUT2D eigenvalue weighted by Crippen LogP contribution is 2.36. The Balaban J connectivity index is 1.70. The molecule has 0 aromatic heterocycles. The smallest absolute Gasteiger partial charge is 0.0886 e. The maximum atomic E-state index is 3.39. The number of nitrogens with zero attached hydrogens (tertiary/aromatic N) is 1. The fourth-order valence-electron chi connectivity index (χ4n) is 5.04. The van der Waals surface area contributed by atoms with Gasteiger partial charge in [-0.05, 0) is 49.3 Å². The van der Waals surface area contributed by atoms with Crippen molar-refractivity contribution in [2.75, 3.05) is 20.6 Å². The zero-order valence-electron chi connectivity index (χ0n) is 19.8. The number of quaternary nitrogens is 1. The van der Waals surface area contributed by atoms with Gasteiger partial charge in [-0.15, -0.1) is 0 Å². The summed E-state index contributed by atoms with van der Waals surface area (Å²) in [4.78, 5) is 0. The van der Waals surface area contributed by atoms with Crippen LogP contribution >= 0.6 is 0 Å². The number of hydrogen-bond acceptors (Lipinski definition) is 0. The third-order valence-corrected chi connectivity index (χ3v) is 7.01. The van der Waals surface area contributed by atoms with E-state index in [0.717, 1.165) is 18.4 Å². The predicted molar refractivity (Wildman–Crippen MR) is 128 cm³/mol. The number of hydrogen-bond donors (Lipinski definition) is 0. The van der Waals surface area contributed by atoms with Crippen LogP contribution in [-0.4, -0.2) is 31.2 Å². The van der Waals surface area contributed by atoms with Crippen molar-refractivity contribution in [3.05, 3.63) is 35.4 Å². The van der Waals surface area contributed by atoms with Crippen molar-refractivity contribution in [1.82, 2.24) is 0 Å². The van der Waals surface area contributed by atoms with Crippen molar-refractivity contribution < 1.29 is 4.48 Å². The molecular formula is C28H46N+. The molecule has 0 aliphatic heterocycles. The third-order valence-electron chi connectivity index (χ3n) is 7.01. The first-order valence-corrected chi connectivity index (χ1v) is 12.5. The van der Waals surface area contributed by atoms with Crippen molar-refractivity contribution in [1.29, 1.82) is 0 Å². The summed E-state index contributed by atoms with van der Waals surface area (Å²) in [6.45, 7) is 5.90. The van der Waals surface area contributed by atoms with E-state index in [9.17, 15) is 0 Å². The van der Waals surface area contributed by atoms with Crippen LogP contribution in [-0.2, 0) is 0 Å². The highest BCUT2D eigenvalue weighted by atomic mass is 15.3. The van der Waals surface area contributed by atoms with Gasteiger partial charge in [-0.2, -0.15) is 0 Å². The van der Waals surface area contributed by atoms with E-state index in [1.54, 1.807) is 0 Å². The Bertz CT molecular complexity index is 608. The van der Waals surface area contributed by atoms with Crippen LogP contribution < -0.4 is 0 Å². The van der Waals surface area contributed by atoms with E-state index in [1.165, 1.54) is 99.2 Å². The highest BCUT2D eigenvalue weighted by Gasteiger charge is 2.32. The maximum Gasteiger partial charge on any atom is 0.0886 e. The quantitative estimate of drug-likeness (QED) is 0.204. The van der Waals surface area contributed by atoms with Gasteiger partial charge in [0.15, 0.2) is 0 Å². The Morgan fingerprint density at radius 2 is 1.41 bits per heavy atom. The Labute approximate surface area is 181 Å². The van der Waals surface area contributed by atoms with Crippen LogP contribution in [0.4, 0.5) is 0 Å². The summed E-state index contributed by atoms with van der Waals surface area (Å²) < 4.78 is 1.20. The second kappa shape index (κ2) is 13.1. The average molecular weight is 397 g/mol. The van der Waals surface area contributed by atoms with Gasteiger partial charge in [-0.1, -0.05) is 76.3 Å². The van der Waals surface area contributed by atoms with Gasteiger partial charge in [-0.3, -0.25) is 0 Å². The Morgan fingerprint density at radius 3 is 2.03 bits per heavy atom. The minimum Gasteiger partial charge on any atom is -0.326 e. The zero-order chi connectivity index (χ0) is 21.0. The molecule has 1 aliphatic rings. The van der Waals surface area contributed by atoms with Crippen molar-refractivity contribution in [2.45, 2.75) is 109 Å². The average Bonchev–Trinajstić information content (AvgIpc) is 2.73. The zero-order valence-corrected chi connectivity index (χ0v) is 19.8. The first kappa shape index (κ1) is 24.0. The van der Waals surface area contributed by atoms with Crippen molar-refractivity contribution in [3.63, 3.8) is 0 Å². The first-order valence-electron chi connectivity index (χ1n) is 12.5. The number of rotatable bonds is 11. The summed E-state index contributed by atoms with van der Waals surface area (Å²) in [6.07, 6.45) is 17.3. The lowest BCUT2D eigenvalue weighted by Gasteiger charge is -2.41. The largest absolute Gasteiger partial charge is 0.326 e. The molecule has 0 saturated heterocycles. The molecule has 0 spiro atoms. The summed E-state index contributed by atoms with van der Waals surface area (Å²) in [6, 6.07) is 10.0. The van der Waals surface area contributed by atoms with E-state index in [0.29, 0.717) is 0 Å². The van der Waals surface area contributed by atoms with Crippen LogP contribution in [0.1, 0.15) is 114 Å². The van der Waals surface area contributed by atoms with Crippen LogP contribution in [0.15, 0.2) is 24.3 Å². The predicted octanol–water partition coefficient (Wildman–Crippen LogP) is 7.69. The second-order valence-corrected chi connectivity index (χ2v) is 9.80. The highest BCUT2D eigenvalue weighted by molar-refractivity contribution is 5.37. The summed E-state index contributed by atoms with van der Waals surface area (Å²) in [5.74, 6) is 7.51. The molecule has 0 radical (unpaired) electrons. The van der Waals surface area contributed by atoms with Crippen molar-refractivity contribution in [3.8, 4) is 11.8 Å². The topological polar surface area (TPSA) is 0 Å². The lowest BCUT2D eigenvalue weighted by molar-refractivity contribution is -0.916. The van der Waals surface area contributed by atoms with Gasteiger partial charge in [0.25, 0.3) is 0 Å². The normalized spacial score (nSPS) is 19.6. The summed E-state index contributed by atoms with van der Waals surface area (Å²) in [5, 5.41) is 0. The van der Waals surface area contributed by atoms with E-state index in [4.69, 9.17) is 0 Å². The molecule has 0 bridgehead atoms. The minimum absolute atomic E-state index is 0.752. The summed E-state index contributed by atoms with van der Waals surface area (Å²) in [7, 11) is 4.85. The van der Waals surface area contributed by atoms with Gasteiger partial charge in [0, 0.05) is 24.8 Å². The number of unbranched alkanes of at least 4 members (excludes halogenated alkanes) is 7. The lowest BCUT2D eigenvalue weighted by Crippen LogP contribution is -2.50. The molecule has 1 heteroatoms. The van der Waals surface area contributed by atoms with Gasteiger partial charge >= 0.3 is 0 Å². The van der Waals surface area contributed by atoms with E-state index < -0.39 is 0 Å².